The van der Waals surface area contributed by atoms with Gasteiger partial charge in [0.25, 0.3) is 0 Å². The molecule has 0 radical (unpaired) electrons. The molecule has 0 saturated heterocycles. The van der Waals surface area contributed by atoms with Crippen molar-refractivity contribution in [1.82, 2.24) is 5.32 Å². The molecular weight excluding hydrogens is 517 g/mol. The van der Waals surface area contributed by atoms with Crippen LogP contribution >= 0.6 is 0 Å². The molecule has 1 aliphatic heterocycles. The predicted octanol–water partition coefficient (Wildman–Crippen LogP) is 8.17. The van der Waals surface area contributed by atoms with Crippen molar-refractivity contribution in [2.75, 3.05) is 7.11 Å². The largest absolute Gasteiger partial charge is 0.497 e. The molecule has 3 aromatic carbocycles. The quantitative estimate of drug-likeness (QED) is 0.276. The van der Waals surface area contributed by atoms with Crippen LogP contribution in [0.3, 0.4) is 0 Å². The summed E-state index contributed by atoms with van der Waals surface area (Å²) < 4.78 is 26.0. The maximum Gasteiger partial charge on any atom is 0.306 e. The van der Waals surface area contributed by atoms with Gasteiger partial charge in [0.15, 0.2) is 0 Å². The molecule has 0 aromatic heterocycles. The molecule has 2 N–H and O–H groups in total. The molecule has 1 fully saturated rings. The number of rotatable bonds is 9. The van der Waals surface area contributed by atoms with E-state index in [9.17, 15) is 14.3 Å². The van der Waals surface area contributed by atoms with Gasteiger partial charge in [0.2, 0.25) is 0 Å². The van der Waals surface area contributed by atoms with E-state index < -0.39 is 11.9 Å². The molecule has 5 rings (SSSR count). The van der Waals surface area contributed by atoms with Crippen LogP contribution in [0.2, 0.25) is 0 Å². The first kappa shape index (κ1) is 30.6. The lowest BCUT2D eigenvalue weighted by Crippen LogP contribution is -2.29. The van der Waals surface area contributed by atoms with Crippen LogP contribution in [0, 0.1) is 17.7 Å². The zero-order chi connectivity index (χ0) is 29.7. The number of nitrogens with one attached hydrogen (secondary N) is 1. The van der Waals surface area contributed by atoms with Gasteiger partial charge in [-0.3, -0.25) is 4.79 Å². The predicted molar refractivity (Wildman–Crippen MR) is 162 cm³/mol. The maximum absolute atomic E-state index is 14.4. The SMILES string of the molecule is CC(C)NC(C)C.COc1ccc(F)c(-c2ccc([C@@H]3CCc4ccc([C@H](C5CC5)[C@H](C)C(=O)O)cc4O3)cc2)c1. The lowest BCUT2D eigenvalue weighted by atomic mass is 9.82. The molecule has 1 saturated carbocycles. The molecule has 3 aromatic rings. The van der Waals surface area contributed by atoms with Gasteiger partial charge in [0.05, 0.1) is 13.0 Å². The summed E-state index contributed by atoms with van der Waals surface area (Å²) in [5.41, 5.74) is 4.55. The number of fused-ring (bicyclic) bond motifs is 1. The van der Waals surface area contributed by atoms with Gasteiger partial charge in [0.1, 0.15) is 23.4 Å². The van der Waals surface area contributed by atoms with Crippen molar-refractivity contribution in [2.24, 2.45) is 11.8 Å². The van der Waals surface area contributed by atoms with Gasteiger partial charge in [-0.25, -0.2) is 4.39 Å². The Morgan fingerprint density at radius 2 is 1.63 bits per heavy atom. The Bertz CT molecular complexity index is 1310. The van der Waals surface area contributed by atoms with Crippen LogP contribution in [0.4, 0.5) is 4.39 Å². The van der Waals surface area contributed by atoms with E-state index in [-0.39, 0.29) is 17.8 Å². The molecule has 41 heavy (non-hydrogen) atoms. The van der Waals surface area contributed by atoms with Gasteiger partial charge < -0.3 is 19.9 Å². The molecule has 5 nitrogen and oxygen atoms in total. The highest BCUT2D eigenvalue weighted by molar-refractivity contribution is 5.71. The molecule has 0 spiro atoms. The van der Waals surface area contributed by atoms with Crippen LogP contribution in [0.5, 0.6) is 11.5 Å². The zero-order valence-electron chi connectivity index (χ0n) is 25.1. The second-order valence-corrected chi connectivity index (χ2v) is 11.9. The van der Waals surface area contributed by atoms with E-state index in [2.05, 4.69) is 51.2 Å². The van der Waals surface area contributed by atoms with Gasteiger partial charge >= 0.3 is 5.97 Å². The van der Waals surface area contributed by atoms with E-state index in [0.29, 0.717) is 29.3 Å². The molecular formula is C35H44FNO4. The maximum atomic E-state index is 14.4. The summed E-state index contributed by atoms with van der Waals surface area (Å²) in [5.74, 6) is 0.460. The molecule has 6 heteroatoms. The number of halogens is 1. The fourth-order valence-electron chi connectivity index (χ4n) is 5.80. The second kappa shape index (κ2) is 13.5. The number of carbonyl (C=O) groups is 1. The van der Waals surface area contributed by atoms with E-state index in [1.807, 2.05) is 24.3 Å². The number of carboxylic acid groups (broad SMARTS) is 1. The van der Waals surface area contributed by atoms with Crippen molar-refractivity contribution in [3.05, 3.63) is 83.2 Å². The number of aryl methyl sites for hydroxylation is 1. The van der Waals surface area contributed by atoms with Crippen LogP contribution in [-0.2, 0) is 11.2 Å². The topological polar surface area (TPSA) is 67.8 Å². The van der Waals surface area contributed by atoms with Crippen LogP contribution in [0.1, 0.15) is 82.6 Å². The van der Waals surface area contributed by atoms with E-state index in [1.54, 1.807) is 26.2 Å². The molecule has 1 heterocycles. The van der Waals surface area contributed by atoms with Crippen LogP contribution in [0.15, 0.2) is 60.7 Å². The highest BCUT2D eigenvalue weighted by atomic mass is 19.1. The third-order valence-corrected chi connectivity index (χ3v) is 7.91. The lowest BCUT2D eigenvalue weighted by molar-refractivity contribution is -0.142. The Morgan fingerprint density at radius 1 is 0.951 bits per heavy atom. The third kappa shape index (κ3) is 7.88. The monoisotopic (exact) mass is 561 g/mol. The summed E-state index contributed by atoms with van der Waals surface area (Å²) in [5, 5.41) is 12.9. The van der Waals surface area contributed by atoms with Crippen molar-refractivity contribution in [2.45, 2.75) is 84.4 Å². The van der Waals surface area contributed by atoms with E-state index in [4.69, 9.17) is 9.47 Å². The fourth-order valence-corrected chi connectivity index (χ4v) is 5.80. The van der Waals surface area contributed by atoms with Crippen molar-refractivity contribution in [3.63, 3.8) is 0 Å². The third-order valence-electron chi connectivity index (χ3n) is 7.91. The van der Waals surface area contributed by atoms with Gasteiger partial charge in [-0.05, 0) is 84.0 Å². The summed E-state index contributed by atoms with van der Waals surface area (Å²) in [6, 6.07) is 20.0. The molecule has 0 amide bonds. The van der Waals surface area contributed by atoms with E-state index in [1.165, 1.54) is 6.07 Å². The van der Waals surface area contributed by atoms with Crippen LogP contribution in [0.25, 0.3) is 11.1 Å². The number of methoxy groups -OCH3 is 1. The van der Waals surface area contributed by atoms with Crippen molar-refractivity contribution < 1.29 is 23.8 Å². The van der Waals surface area contributed by atoms with Gasteiger partial charge in [-0.2, -0.15) is 0 Å². The average molecular weight is 562 g/mol. The van der Waals surface area contributed by atoms with Gasteiger partial charge in [-0.1, -0.05) is 71.0 Å². The summed E-state index contributed by atoms with van der Waals surface area (Å²) >= 11 is 0. The first-order valence-corrected chi connectivity index (χ1v) is 14.8. The van der Waals surface area contributed by atoms with Gasteiger partial charge in [0, 0.05) is 17.6 Å². The Hall–Kier alpha value is -3.38. The van der Waals surface area contributed by atoms with Crippen molar-refractivity contribution in [1.29, 1.82) is 0 Å². The highest BCUT2D eigenvalue weighted by Crippen LogP contribution is 2.48. The summed E-state index contributed by atoms with van der Waals surface area (Å²) in [6.07, 6.45) is 3.83. The average Bonchev–Trinajstić information content (AvgIpc) is 3.78. The first-order valence-electron chi connectivity index (χ1n) is 14.8. The minimum Gasteiger partial charge on any atom is -0.497 e. The standard InChI is InChI=1S/C29H29FO4.C6H15N/c1-17(29(31)32)28(21-8-9-21)22-10-7-20-11-14-26(34-27(20)15-22)19-5-3-18(4-6-19)24-16-23(33-2)12-13-25(24)30;1-5(2)7-6(3)4/h3-7,10,12-13,15-17,21,26,28H,8-9,11,14H2,1-2H3,(H,31,32);5-7H,1-4H3/t17-,26-,28-;/m0./s1. The molecule has 2 aliphatic rings. The number of hydrogen-bond acceptors (Lipinski definition) is 4. The normalized spacial score (nSPS) is 17.6. The molecule has 1 aliphatic carbocycles. The lowest BCUT2D eigenvalue weighted by Gasteiger charge is -2.29. The Kier molecular flexibility index (Phi) is 10.1. The molecule has 0 unspecified atom stereocenters. The molecule has 0 bridgehead atoms. The fraction of sp³-hybridized carbons (Fsp3) is 0.457. The number of hydrogen-bond donors (Lipinski definition) is 2. The molecule has 220 valence electrons. The first-order chi connectivity index (χ1) is 19.6. The Labute approximate surface area is 244 Å². The zero-order valence-corrected chi connectivity index (χ0v) is 25.1. The summed E-state index contributed by atoms with van der Waals surface area (Å²) in [4.78, 5) is 11.7. The second-order valence-electron chi connectivity index (χ2n) is 11.9. The summed E-state index contributed by atoms with van der Waals surface area (Å²) in [6.45, 7) is 10.4. The number of aliphatic carboxylic acids is 1. The minimum atomic E-state index is -0.749. The Balaban J connectivity index is 0.000000493. The van der Waals surface area contributed by atoms with Crippen LogP contribution < -0.4 is 14.8 Å². The Morgan fingerprint density at radius 3 is 2.20 bits per heavy atom. The van der Waals surface area contributed by atoms with Crippen LogP contribution in [-0.4, -0.2) is 30.3 Å². The number of ether oxygens (including phenoxy) is 2. The van der Waals surface area contributed by atoms with Crippen molar-refractivity contribution in [3.8, 4) is 22.6 Å². The minimum absolute atomic E-state index is 0.0174. The number of benzene rings is 3. The van der Waals surface area contributed by atoms with Crippen molar-refractivity contribution >= 4 is 5.97 Å². The smallest absolute Gasteiger partial charge is 0.306 e. The van der Waals surface area contributed by atoms with E-state index in [0.717, 1.165) is 53.7 Å². The number of carboxylic acids is 1. The highest BCUT2D eigenvalue weighted by Gasteiger charge is 2.39. The van der Waals surface area contributed by atoms with Gasteiger partial charge in [-0.15, -0.1) is 0 Å². The molecule has 3 atom stereocenters. The van der Waals surface area contributed by atoms with E-state index >= 15 is 0 Å². The summed E-state index contributed by atoms with van der Waals surface area (Å²) in [7, 11) is 1.57.